The number of nitrogens with zero attached hydrogens (tertiary/aromatic N) is 1. The topological polar surface area (TPSA) is 45.6 Å². The summed E-state index contributed by atoms with van der Waals surface area (Å²) in [6, 6.07) is 5.75. The minimum atomic E-state index is 0.467. The molecule has 0 heterocycles. The average Bonchev–Trinajstić information content (AvgIpc) is 2.32. The van der Waals surface area contributed by atoms with Gasteiger partial charge in [0.25, 0.3) is 0 Å². The Morgan fingerprint density at radius 2 is 2.35 bits per heavy atom. The predicted molar refractivity (Wildman–Crippen MR) is 77.7 cm³/mol. The molecule has 0 atom stereocenters. The largest absolute Gasteiger partial charge is 0.493 e. The SMILES string of the molecule is CCOc1ccc(Br)cc1/C=N/NC(=S)NC. The number of halogens is 1. The van der Waals surface area contributed by atoms with E-state index in [-0.39, 0.29) is 0 Å². The minimum Gasteiger partial charge on any atom is -0.493 e. The molecule has 0 aliphatic heterocycles. The molecule has 6 heteroatoms. The second-order valence-electron chi connectivity index (χ2n) is 3.06. The van der Waals surface area contributed by atoms with E-state index in [2.05, 4.69) is 31.8 Å². The van der Waals surface area contributed by atoms with Crippen molar-refractivity contribution in [3.05, 3.63) is 28.2 Å². The van der Waals surface area contributed by atoms with Gasteiger partial charge in [-0.15, -0.1) is 0 Å². The summed E-state index contributed by atoms with van der Waals surface area (Å²) in [6.45, 7) is 2.56. The summed E-state index contributed by atoms with van der Waals surface area (Å²) < 4.78 is 6.46. The molecule has 0 saturated heterocycles. The van der Waals surface area contributed by atoms with Gasteiger partial charge in [-0.2, -0.15) is 5.10 Å². The van der Waals surface area contributed by atoms with Crippen LogP contribution < -0.4 is 15.5 Å². The molecule has 92 valence electrons. The van der Waals surface area contributed by atoms with Crippen LogP contribution in [0.3, 0.4) is 0 Å². The fourth-order valence-electron chi connectivity index (χ4n) is 1.12. The monoisotopic (exact) mass is 315 g/mol. The Balaban J connectivity index is 2.80. The Hall–Kier alpha value is -1.14. The summed E-state index contributed by atoms with van der Waals surface area (Å²) in [6.07, 6.45) is 1.67. The van der Waals surface area contributed by atoms with Gasteiger partial charge in [0.15, 0.2) is 5.11 Å². The van der Waals surface area contributed by atoms with Crippen LogP contribution in [-0.4, -0.2) is 25.0 Å². The van der Waals surface area contributed by atoms with Gasteiger partial charge in [-0.05, 0) is 37.3 Å². The lowest BCUT2D eigenvalue weighted by molar-refractivity contribution is 0.339. The Morgan fingerprint density at radius 3 is 3.00 bits per heavy atom. The van der Waals surface area contributed by atoms with E-state index in [4.69, 9.17) is 17.0 Å². The van der Waals surface area contributed by atoms with Gasteiger partial charge in [-0.1, -0.05) is 15.9 Å². The zero-order valence-corrected chi connectivity index (χ0v) is 12.1. The van der Waals surface area contributed by atoms with Crippen LogP contribution in [0.5, 0.6) is 5.75 Å². The fraction of sp³-hybridized carbons (Fsp3) is 0.273. The van der Waals surface area contributed by atoms with E-state index < -0.39 is 0 Å². The summed E-state index contributed by atoms with van der Waals surface area (Å²) in [7, 11) is 1.73. The molecule has 0 spiro atoms. The molecule has 0 saturated carbocycles. The second kappa shape index (κ2) is 7.24. The van der Waals surface area contributed by atoms with Crippen LogP contribution in [0.25, 0.3) is 0 Å². The molecule has 0 aromatic heterocycles. The maximum atomic E-state index is 5.49. The highest BCUT2D eigenvalue weighted by Crippen LogP contribution is 2.21. The van der Waals surface area contributed by atoms with Crippen molar-refractivity contribution in [3.63, 3.8) is 0 Å². The van der Waals surface area contributed by atoms with Crippen LogP contribution in [0.2, 0.25) is 0 Å². The van der Waals surface area contributed by atoms with Gasteiger partial charge in [0.05, 0.1) is 12.8 Å². The van der Waals surface area contributed by atoms with Crippen LogP contribution >= 0.6 is 28.1 Å². The lowest BCUT2D eigenvalue weighted by Gasteiger charge is -2.07. The number of hydrogen-bond donors (Lipinski definition) is 2. The Labute approximate surface area is 115 Å². The Kier molecular flexibility index (Phi) is 5.93. The summed E-state index contributed by atoms with van der Waals surface area (Å²) in [5, 5.41) is 7.25. The maximum Gasteiger partial charge on any atom is 0.186 e. The van der Waals surface area contributed by atoms with E-state index in [0.29, 0.717) is 11.7 Å². The third-order valence-electron chi connectivity index (χ3n) is 1.87. The molecule has 0 fully saturated rings. The second-order valence-corrected chi connectivity index (χ2v) is 4.39. The third kappa shape index (κ3) is 4.70. The molecule has 0 bridgehead atoms. The molecular formula is C11H14BrN3OS. The molecule has 0 amide bonds. The van der Waals surface area contributed by atoms with E-state index in [1.807, 2.05) is 25.1 Å². The van der Waals surface area contributed by atoms with Gasteiger partial charge < -0.3 is 10.1 Å². The highest BCUT2D eigenvalue weighted by molar-refractivity contribution is 9.10. The molecule has 0 aliphatic carbocycles. The van der Waals surface area contributed by atoms with Gasteiger partial charge in [0.1, 0.15) is 5.75 Å². The fourth-order valence-corrected chi connectivity index (χ4v) is 1.55. The summed E-state index contributed by atoms with van der Waals surface area (Å²) in [4.78, 5) is 0. The normalized spacial score (nSPS) is 10.3. The zero-order chi connectivity index (χ0) is 12.7. The van der Waals surface area contributed by atoms with E-state index in [1.54, 1.807) is 13.3 Å². The number of nitrogens with one attached hydrogen (secondary N) is 2. The molecule has 1 rings (SSSR count). The van der Waals surface area contributed by atoms with E-state index in [1.165, 1.54) is 0 Å². The Bertz CT molecular complexity index is 423. The predicted octanol–water partition coefficient (Wildman–Crippen LogP) is 2.28. The Morgan fingerprint density at radius 1 is 1.59 bits per heavy atom. The molecule has 2 N–H and O–H groups in total. The molecule has 0 aliphatic rings. The molecule has 17 heavy (non-hydrogen) atoms. The van der Waals surface area contributed by atoms with Crippen LogP contribution in [0, 0.1) is 0 Å². The number of benzene rings is 1. The van der Waals surface area contributed by atoms with Crippen molar-refractivity contribution in [3.8, 4) is 5.75 Å². The van der Waals surface area contributed by atoms with Crippen molar-refractivity contribution in [2.24, 2.45) is 5.10 Å². The van der Waals surface area contributed by atoms with Gasteiger partial charge in [-0.3, -0.25) is 5.43 Å². The highest BCUT2D eigenvalue weighted by atomic mass is 79.9. The summed E-state index contributed by atoms with van der Waals surface area (Å²) >= 11 is 8.31. The lowest BCUT2D eigenvalue weighted by atomic mass is 10.2. The molecule has 4 nitrogen and oxygen atoms in total. The first-order chi connectivity index (χ1) is 8.17. The van der Waals surface area contributed by atoms with E-state index in [0.717, 1.165) is 15.8 Å². The van der Waals surface area contributed by atoms with Crippen molar-refractivity contribution < 1.29 is 4.74 Å². The molecule has 1 aromatic carbocycles. The van der Waals surface area contributed by atoms with E-state index in [9.17, 15) is 0 Å². The maximum absolute atomic E-state index is 5.49. The summed E-state index contributed by atoms with van der Waals surface area (Å²) in [5.74, 6) is 0.789. The smallest absolute Gasteiger partial charge is 0.186 e. The van der Waals surface area contributed by atoms with Gasteiger partial charge in [0, 0.05) is 17.1 Å². The van der Waals surface area contributed by atoms with E-state index >= 15 is 0 Å². The minimum absolute atomic E-state index is 0.467. The first-order valence-corrected chi connectivity index (χ1v) is 6.30. The number of hydrazone groups is 1. The number of hydrogen-bond acceptors (Lipinski definition) is 3. The lowest BCUT2D eigenvalue weighted by Crippen LogP contribution is -2.28. The van der Waals surface area contributed by atoms with Crippen LogP contribution in [-0.2, 0) is 0 Å². The van der Waals surface area contributed by atoms with Gasteiger partial charge in [0.2, 0.25) is 0 Å². The van der Waals surface area contributed by atoms with Crippen LogP contribution in [0.15, 0.2) is 27.8 Å². The van der Waals surface area contributed by atoms with Crippen molar-refractivity contribution in [1.82, 2.24) is 10.7 Å². The van der Waals surface area contributed by atoms with Crippen molar-refractivity contribution in [2.75, 3.05) is 13.7 Å². The van der Waals surface area contributed by atoms with Crippen molar-refractivity contribution in [2.45, 2.75) is 6.92 Å². The number of ether oxygens (including phenoxy) is 1. The summed E-state index contributed by atoms with van der Waals surface area (Å²) in [5.41, 5.74) is 3.57. The standard InChI is InChI=1S/C11H14BrN3OS/c1-3-16-10-5-4-9(12)6-8(10)7-14-15-11(17)13-2/h4-7H,3H2,1-2H3,(H2,13,15,17)/b14-7+. The average molecular weight is 316 g/mol. The molecule has 1 aromatic rings. The number of rotatable bonds is 4. The first kappa shape index (κ1) is 13.9. The zero-order valence-electron chi connectivity index (χ0n) is 9.66. The molecule has 0 radical (unpaired) electrons. The van der Waals surface area contributed by atoms with Crippen LogP contribution in [0.4, 0.5) is 0 Å². The third-order valence-corrected chi connectivity index (χ3v) is 2.66. The van der Waals surface area contributed by atoms with Crippen molar-refractivity contribution in [1.29, 1.82) is 0 Å². The number of thiocarbonyl (C=S) groups is 1. The van der Waals surface area contributed by atoms with Crippen molar-refractivity contribution >= 4 is 39.5 Å². The van der Waals surface area contributed by atoms with Crippen LogP contribution in [0.1, 0.15) is 12.5 Å². The quantitative estimate of drug-likeness (QED) is 0.508. The first-order valence-electron chi connectivity index (χ1n) is 5.10. The highest BCUT2D eigenvalue weighted by Gasteiger charge is 2.01. The molecule has 0 unspecified atom stereocenters. The van der Waals surface area contributed by atoms with Gasteiger partial charge >= 0.3 is 0 Å². The van der Waals surface area contributed by atoms with Gasteiger partial charge in [-0.25, -0.2) is 0 Å². The molecular weight excluding hydrogens is 302 g/mol.